The van der Waals surface area contributed by atoms with Crippen LogP contribution in [0.5, 0.6) is 11.5 Å². The standard InChI is InChI=1S/C14H13N3O3/c15-8-5-6-10(14(17)19)12(7-8)20-11-4-2-1-3-9(11)13(16)18/h1-7H,15H2,(H2,16,18)(H2,17,19). The number of primary amides is 2. The van der Waals surface area contributed by atoms with Gasteiger partial charge in [0.1, 0.15) is 11.5 Å². The Labute approximate surface area is 115 Å². The number of rotatable bonds is 4. The summed E-state index contributed by atoms with van der Waals surface area (Å²) >= 11 is 0. The minimum atomic E-state index is -0.656. The lowest BCUT2D eigenvalue weighted by Crippen LogP contribution is -2.14. The highest BCUT2D eigenvalue weighted by Crippen LogP contribution is 2.29. The van der Waals surface area contributed by atoms with Crippen LogP contribution in [0.4, 0.5) is 5.69 Å². The highest BCUT2D eigenvalue weighted by atomic mass is 16.5. The van der Waals surface area contributed by atoms with Crippen molar-refractivity contribution in [3.8, 4) is 11.5 Å². The molecule has 0 saturated carbocycles. The largest absolute Gasteiger partial charge is 0.456 e. The zero-order chi connectivity index (χ0) is 14.7. The predicted octanol–water partition coefficient (Wildman–Crippen LogP) is 1.26. The van der Waals surface area contributed by atoms with Crippen LogP contribution in [-0.4, -0.2) is 11.8 Å². The molecule has 0 bridgehead atoms. The van der Waals surface area contributed by atoms with Crippen LogP contribution >= 0.6 is 0 Å². The fourth-order valence-corrected chi connectivity index (χ4v) is 1.70. The lowest BCUT2D eigenvalue weighted by Gasteiger charge is -2.12. The summed E-state index contributed by atoms with van der Waals surface area (Å²) in [4.78, 5) is 22.7. The van der Waals surface area contributed by atoms with Gasteiger partial charge in [0.2, 0.25) is 0 Å². The third kappa shape index (κ3) is 2.69. The second-order valence-corrected chi connectivity index (χ2v) is 4.08. The van der Waals surface area contributed by atoms with Crippen molar-refractivity contribution in [1.82, 2.24) is 0 Å². The highest BCUT2D eigenvalue weighted by molar-refractivity contribution is 5.97. The van der Waals surface area contributed by atoms with Gasteiger partial charge in [-0.3, -0.25) is 9.59 Å². The summed E-state index contributed by atoms with van der Waals surface area (Å²) in [6.07, 6.45) is 0. The monoisotopic (exact) mass is 271 g/mol. The van der Waals surface area contributed by atoms with Gasteiger partial charge in [0.05, 0.1) is 11.1 Å². The number of anilines is 1. The fraction of sp³-hybridized carbons (Fsp3) is 0. The second kappa shape index (κ2) is 5.31. The van der Waals surface area contributed by atoms with Crippen molar-refractivity contribution in [2.45, 2.75) is 0 Å². The number of carbonyl (C=O) groups excluding carboxylic acids is 2. The Morgan fingerprint density at radius 3 is 2.10 bits per heavy atom. The predicted molar refractivity (Wildman–Crippen MR) is 74.4 cm³/mol. The van der Waals surface area contributed by atoms with Crippen molar-refractivity contribution in [3.05, 3.63) is 53.6 Å². The van der Waals surface area contributed by atoms with Crippen LogP contribution in [0.15, 0.2) is 42.5 Å². The van der Waals surface area contributed by atoms with Crippen molar-refractivity contribution in [2.24, 2.45) is 11.5 Å². The molecule has 2 amide bonds. The molecule has 0 fully saturated rings. The molecule has 2 rings (SSSR count). The van der Waals surface area contributed by atoms with E-state index in [9.17, 15) is 9.59 Å². The number of para-hydroxylation sites is 1. The molecular formula is C14H13N3O3. The molecule has 20 heavy (non-hydrogen) atoms. The van der Waals surface area contributed by atoms with Crippen molar-refractivity contribution < 1.29 is 14.3 Å². The fourth-order valence-electron chi connectivity index (χ4n) is 1.70. The van der Waals surface area contributed by atoms with E-state index in [1.54, 1.807) is 18.2 Å². The second-order valence-electron chi connectivity index (χ2n) is 4.08. The molecule has 0 heterocycles. The third-order valence-electron chi connectivity index (χ3n) is 2.64. The van der Waals surface area contributed by atoms with Gasteiger partial charge in [-0.1, -0.05) is 12.1 Å². The van der Waals surface area contributed by atoms with Crippen molar-refractivity contribution >= 4 is 17.5 Å². The van der Waals surface area contributed by atoms with Crippen LogP contribution < -0.4 is 21.9 Å². The van der Waals surface area contributed by atoms with Gasteiger partial charge in [0.15, 0.2) is 0 Å². The molecule has 0 spiro atoms. The molecule has 0 aliphatic heterocycles. The topological polar surface area (TPSA) is 121 Å². The van der Waals surface area contributed by atoms with E-state index >= 15 is 0 Å². The maximum Gasteiger partial charge on any atom is 0.252 e. The number of carbonyl (C=O) groups is 2. The van der Waals surface area contributed by atoms with Crippen LogP contribution in [-0.2, 0) is 0 Å². The number of amides is 2. The first-order chi connectivity index (χ1) is 9.49. The SMILES string of the molecule is NC(=O)c1ccccc1Oc1cc(N)ccc1C(N)=O. The summed E-state index contributed by atoms with van der Waals surface area (Å²) in [6, 6.07) is 10.9. The minimum absolute atomic E-state index is 0.165. The zero-order valence-corrected chi connectivity index (χ0v) is 10.5. The van der Waals surface area contributed by atoms with Gasteiger partial charge >= 0.3 is 0 Å². The van der Waals surface area contributed by atoms with E-state index in [0.29, 0.717) is 5.69 Å². The Kier molecular flexibility index (Phi) is 3.56. The van der Waals surface area contributed by atoms with Crippen molar-refractivity contribution in [2.75, 3.05) is 5.73 Å². The molecule has 0 aromatic heterocycles. The molecule has 0 radical (unpaired) electrons. The number of benzene rings is 2. The molecule has 0 aliphatic rings. The number of hydrogen-bond acceptors (Lipinski definition) is 4. The molecule has 0 saturated heterocycles. The van der Waals surface area contributed by atoms with Crippen LogP contribution in [0.1, 0.15) is 20.7 Å². The highest BCUT2D eigenvalue weighted by Gasteiger charge is 2.14. The number of nitrogen functional groups attached to an aromatic ring is 1. The van der Waals surface area contributed by atoms with Gasteiger partial charge in [-0.2, -0.15) is 0 Å². The lowest BCUT2D eigenvalue weighted by atomic mass is 10.1. The molecule has 6 nitrogen and oxygen atoms in total. The lowest BCUT2D eigenvalue weighted by molar-refractivity contribution is 0.0993. The van der Waals surface area contributed by atoms with Gasteiger partial charge in [-0.15, -0.1) is 0 Å². The average Bonchev–Trinajstić information content (AvgIpc) is 2.38. The molecule has 6 heteroatoms. The number of hydrogen-bond donors (Lipinski definition) is 3. The molecule has 2 aromatic carbocycles. The Morgan fingerprint density at radius 1 is 0.850 bits per heavy atom. The average molecular weight is 271 g/mol. The first-order valence-electron chi connectivity index (χ1n) is 5.75. The van der Waals surface area contributed by atoms with Crippen LogP contribution in [0.2, 0.25) is 0 Å². The molecule has 0 unspecified atom stereocenters. The van der Waals surface area contributed by atoms with Gasteiger partial charge in [0.25, 0.3) is 11.8 Å². The smallest absolute Gasteiger partial charge is 0.252 e. The van der Waals surface area contributed by atoms with E-state index in [4.69, 9.17) is 21.9 Å². The third-order valence-corrected chi connectivity index (χ3v) is 2.64. The summed E-state index contributed by atoms with van der Waals surface area (Å²) < 4.78 is 5.56. The van der Waals surface area contributed by atoms with Crippen LogP contribution in [0, 0.1) is 0 Å². The number of nitrogens with two attached hydrogens (primary N) is 3. The zero-order valence-electron chi connectivity index (χ0n) is 10.5. The van der Waals surface area contributed by atoms with E-state index in [-0.39, 0.29) is 22.6 Å². The molecule has 0 atom stereocenters. The van der Waals surface area contributed by atoms with Crippen molar-refractivity contribution in [3.63, 3.8) is 0 Å². The van der Waals surface area contributed by atoms with Crippen LogP contribution in [0.25, 0.3) is 0 Å². The van der Waals surface area contributed by atoms with Gasteiger partial charge in [-0.05, 0) is 24.3 Å². The molecule has 2 aromatic rings. The Bertz CT molecular complexity index is 683. The Hall–Kier alpha value is -3.02. The van der Waals surface area contributed by atoms with Crippen LogP contribution in [0.3, 0.4) is 0 Å². The van der Waals surface area contributed by atoms with E-state index in [1.165, 1.54) is 24.3 Å². The first kappa shape index (κ1) is 13.4. The summed E-state index contributed by atoms with van der Waals surface area (Å²) in [7, 11) is 0. The maximum absolute atomic E-state index is 11.4. The van der Waals surface area contributed by atoms with E-state index in [1.807, 2.05) is 0 Å². The molecule has 0 aliphatic carbocycles. The molecular weight excluding hydrogens is 258 g/mol. The summed E-state index contributed by atoms with van der Waals surface area (Å²) in [5, 5.41) is 0. The quantitative estimate of drug-likeness (QED) is 0.724. The van der Waals surface area contributed by atoms with Crippen molar-refractivity contribution in [1.29, 1.82) is 0 Å². The van der Waals surface area contributed by atoms with E-state index < -0.39 is 11.8 Å². The normalized spacial score (nSPS) is 10.0. The van der Waals surface area contributed by atoms with Gasteiger partial charge < -0.3 is 21.9 Å². The Morgan fingerprint density at radius 2 is 1.45 bits per heavy atom. The first-order valence-corrected chi connectivity index (χ1v) is 5.75. The van der Waals surface area contributed by atoms with E-state index in [2.05, 4.69) is 0 Å². The van der Waals surface area contributed by atoms with Gasteiger partial charge in [0, 0.05) is 11.8 Å². The minimum Gasteiger partial charge on any atom is -0.456 e. The van der Waals surface area contributed by atoms with Gasteiger partial charge in [-0.25, -0.2) is 0 Å². The Balaban J connectivity index is 2.47. The molecule has 102 valence electrons. The summed E-state index contributed by atoms with van der Waals surface area (Å²) in [5.74, 6) is -0.888. The summed E-state index contributed by atoms with van der Waals surface area (Å²) in [6.45, 7) is 0. The maximum atomic E-state index is 11.4. The molecule has 6 N–H and O–H groups in total. The summed E-state index contributed by atoms with van der Waals surface area (Å²) in [5.41, 5.74) is 16.9. The van der Waals surface area contributed by atoms with E-state index in [0.717, 1.165) is 0 Å². The number of ether oxygens (including phenoxy) is 1.